The molecule has 37 heavy (non-hydrogen) atoms. The fraction of sp³-hybridized carbons (Fsp3) is 0.818. The standard InChI is InChI=1S/C22H42N3O11P/c1-8-10-31-21(28)33-13-17(15(3)4)35-37(30,24-20(23)25(7)12-19(26)27)36-18(16(5)6)14-34-22(29)32-11-9-2/h15-18H,8-14H2,1-7H3,(H,26,27)(H2,23,24,30). The summed E-state index contributed by atoms with van der Waals surface area (Å²) in [6.45, 7) is 9.65. The Balaban J connectivity index is 5.76. The van der Waals surface area contributed by atoms with E-state index < -0.39 is 50.7 Å². The third-order valence-electron chi connectivity index (χ3n) is 4.61. The Labute approximate surface area is 218 Å². The number of nitrogens with zero attached hydrogens (tertiary/aromatic N) is 1. The molecule has 0 radical (unpaired) electrons. The van der Waals surface area contributed by atoms with Gasteiger partial charge in [-0.1, -0.05) is 41.5 Å². The fourth-order valence-corrected chi connectivity index (χ4v) is 4.28. The zero-order valence-electron chi connectivity index (χ0n) is 22.7. The van der Waals surface area contributed by atoms with Crippen molar-refractivity contribution < 1.29 is 52.1 Å². The summed E-state index contributed by atoms with van der Waals surface area (Å²) >= 11 is 0. The van der Waals surface area contributed by atoms with Gasteiger partial charge in [0.2, 0.25) is 0 Å². The number of nitrogens with one attached hydrogen (secondary N) is 2. The van der Waals surface area contributed by atoms with Gasteiger partial charge in [0.1, 0.15) is 32.0 Å². The summed E-state index contributed by atoms with van der Waals surface area (Å²) < 4.78 is 45.2. The Morgan fingerprint density at radius 1 is 0.865 bits per heavy atom. The van der Waals surface area contributed by atoms with Crippen molar-refractivity contribution >= 4 is 32.0 Å². The molecule has 0 saturated heterocycles. The average Bonchev–Trinajstić information content (AvgIpc) is 2.80. The number of likely N-dealkylation sites (N-methyl/N-ethyl adjacent to an activating group) is 1. The monoisotopic (exact) mass is 555 g/mol. The zero-order chi connectivity index (χ0) is 28.6. The van der Waals surface area contributed by atoms with E-state index in [1.807, 2.05) is 13.8 Å². The molecule has 0 aliphatic rings. The number of ether oxygens (including phenoxy) is 4. The number of carboxylic acid groups (broad SMARTS) is 1. The maximum absolute atomic E-state index is 13.9. The number of hydrogen-bond acceptors (Lipinski definition) is 11. The first-order chi connectivity index (χ1) is 17.2. The highest BCUT2D eigenvalue weighted by atomic mass is 31.2. The lowest BCUT2D eigenvalue weighted by molar-refractivity contribution is -0.137. The van der Waals surface area contributed by atoms with E-state index >= 15 is 0 Å². The smallest absolute Gasteiger partial charge is 0.480 e. The Morgan fingerprint density at radius 3 is 1.59 bits per heavy atom. The van der Waals surface area contributed by atoms with Gasteiger partial charge in [-0.15, -0.1) is 0 Å². The predicted octanol–water partition coefficient (Wildman–Crippen LogP) is 3.84. The molecule has 0 saturated carbocycles. The summed E-state index contributed by atoms with van der Waals surface area (Å²) in [6, 6.07) is 0. The first kappa shape index (κ1) is 34.4. The van der Waals surface area contributed by atoms with Crippen molar-refractivity contribution in [2.45, 2.75) is 66.6 Å². The fourth-order valence-electron chi connectivity index (χ4n) is 2.37. The molecule has 0 heterocycles. The molecule has 0 aromatic rings. The molecule has 0 aliphatic heterocycles. The van der Waals surface area contributed by atoms with Crippen molar-refractivity contribution in [1.82, 2.24) is 9.99 Å². The normalized spacial score (nSPS) is 14.3. The largest absolute Gasteiger partial charge is 0.508 e. The summed E-state index contributed by atoms with van der Waals surface area (Å²) in [4.78, 5) is 35.6. The van der Waals surface area contributed by atoms with E-state index in [1.54, 1.807) is 27.7 Å². The van der Waals surface area contributed by atoms with E-state index in [1.165, 1.54) is 7.05 Å². The third kappa shape index (κ3) is 15.3. The van der Waals surface area contributed by atoms with Crippen LogP contribution < -0.4 is 5.09 Å². The molecule has 216 valence electrons. The summed E-state index contributed by atoms with van der Waals surface area (Å²) in [5.41, 5.74) is 0. The van der Waals surface area contributed by atoms with Gasteiger partial charge >= 0.3 is 26.0 Å². The van der Waals surface area contributed by atoms with Crippen LogP contribution in [0.3, 0.4) is 0 Å². The molecule has 0 aromatic carbocycles. The van der Waals surface area contributed by atoms with Gasteiger partial charge in [0.15, 0.2) is 5.96 Å². The molecule has 2 atom stereocenters. The van der Waals surface area contributed by atoms with E-state index in [4.69, 9.17) is 38.5 Å². The highest BCUT2D eigenvalue weighted by molar-refractivity contribution is 7.52. The van der Waals surface area contributed by atoms with Gasteiger partial charge in [-0.3, -0.25) is 24.3 Å². The highest BCUT2D eigenvalue weighted by Crippen LogP contribution is 2.48. The number of hydrogen-bond donors (Lipinski definition) is 3. The molecular formula is C22H42N3O11P. The lowest BCUT2D eigenvalue weighted by Crippen LogP contribution is -2.42. The number of rotatable bonds is 17. The quantitative estimate of drug-likeness (QED) is 0.102. The molecular weight excluding hydrogens is 513 g/mol. The average molecular weight is 556 g/mol. The third-order valence-corrected chi connectivity index (χ3v) is 6.19. The van der Waals surface area contributed by atoms with Crippen molar-refractivity contribution in [2.24, 2.45) is 11.8 Å². The molecule has 15 heteroatoms. The van der Waals surface area contributed by atoms with Gasteiger partial charge in [-0.05, 0) is 24.7 Å². The number of guanidine groups is 1. The predicted molar refractivity (Wildman–Crippen MR) is 133 cm³/mol. The molecule has 3 N–H and O–H groups in total. The van der Waals surface area contributed by atoms with Crippen LogP contribution in [0.2, 0.25) is 0 Å². The Bertz CT molecular complexity index is 737. The van der Waals surface area contributed by atoms with Gasteiger partial charge < -0.3 is 29.0 Å². The molecule has 0 aromatic heterocycles. The van der Waals surface area contributed by atoms with Crippen LogP contribution in [0.15, 0.2) is 0 Å². The van der Waals surface area contributed by atoms with E-state index in [-0.39, 0.29) is 38.3 Å². The van der Waals surface area contributed by atoms with Crippen LogP contribution >= 0.6 is 7.75 Å². The topological polar surface area (TPSA) is 183 Å². The highest BCUT2D eigenvalue weighted by Gasteiger charge is 2.37. The van der Waals surface area contributed by atoms with Gasteiger partial charge in [-0.2, -0.15) is 0 Å². The second-order valence-electron chi connectivity index (χ2n) is 8.80. The van der Waals surface area contributed by atoms with E-state index in [2.05, 4.69) is 5.09 Å². The summed E-state index contributed by atoms with van der Waals surface area (Å²) in [5.74, 6) is -2.44. The number of aliphatic carboxylic acids is 1. The number of carboxylic acids is 1. The van der Waals surface area contributed by atoms with Crippen molar-refractivity contribution in [3.05, 3.63) is 0 Å². The zero-order valence-corrected chi connectivity index (χ0v) is 23.6. The van der Waals surface area contributed by atoms with Gasteiger partial charge in [0, 0.05) is 7.05 Å². The molecule has 0 amide bonds. The van der Waals surface area contributed by atoms with Crippen molar-refractivity contribution in [3.8, 4) is 0 Å². The molecule has 14 nitrogen and oxygen atoms in total. The maximum atomic E-state index is 13.9. The van der Waals surface area contributed by atoms with Crippen LogP contribution in [0.4, 0.5) is 9.59 Å². The van der Waals surface area contributed by atoms with Crippen LogP contribution in [0.1, 0.15) is 54.4 Å². The van der Waals surface area contributed by atoms with Crippen molar-refractivity contribution in [1.29, 1.82) is 5.41 Å². The van der Waals surface area contributed by atoms with E-state index in [9.17, 15) is 18.9 Å². The van der Waals surface area contributed by atoms with Crippen molar-refractivity contribution in [2.75, 3.05) is 40.0 Å². The lowest BCUT2D eigenvalue weighted by atomic mass is 10.1. The molecule has 0 bridgehead atoms. The van der Waals surface area contributed by atoms with Gasteiger partial charge in [0.05, 0.1) is 13.2 Å². The molecule has 0 aliphatic carbocycles. The Morgan fingerprint density at radius 2 is 1.27 bits per heavy atom. The molecule has 0 fully saturated rings. The first-order valence-electron chi connectivity index (χ1n) is 12.1. The second-order valence-corrected chi connectivity index (χ2v) is 10.4. The van der Waals surface area contributed by atoms with Crippen LogP contribution in [-0.4, -0.2) is 86.5 Å². The molecule has 0 rings (SSSR count). The van der Waals surface area contributed by atoms with Crippen molar-refractivity contribution in [3.63, 3.8) is 0 Å². The Hall–Kier alpha value is -2.57. The number of carbonyl (C=O) groups excluding carboxylic acids is 2. The van der Waals surface area contributed by atoms with E-state index in [0.29, 0.717) is 12.8 Å². The lowest BCUT2D eigenvalue weighted by Gasteiger charge is -2.32. The minimum Gasteiger partial charge on any atom is -0.480 e. The van der Waals surface area contributed by atoms with Crippen LogP contribution in [0.5, 0.6) is 0 Å². The first-order valence-corrected chi connectivity index (χ1v) is 13.6. The SMILES string of the molecule is CCCOC(=O)OCC(OP(=O)(NC(=N)N(C)CC(=O)O)OC(COC(=O)OCCC)C(C)C)C(C)C. The second kappa shape index (κ2) is 17.8. The number of carbonyl (C=O) groups is 3. The van der Waals surface area contributed by atoms with Crippen LogP contribution in [0.25, 0.3) is 0 Å². The molecule has 0 spiro atoms. The van der Waals surface area contributed by atoms with Crippen LogP contribution in [-0.2, 0) is 37.4 Å². The van der Waals surface area contributed by atoms with Gasteiger partial charge in [-0.25, -0.2) is 14.2 Å². The minimum absolute atomic E-state index is 0.166. The summed E-state index contributed by atoms with van der Waals surface area (Å²) in [6.07, 6.45) is -2.58. The van der Waals surface area contributed by atoms with E-state index in [0.717, 1.165) is 4.90 Å². The summed E-state index contributed by atoms with van der Waals surface area (Å²) in [5, 5.41) is 19.5. The maximum Gasteiger partial charge on any atom is 0.508 e. The minimum atomic E-state index is -4.43. The summed E-state index contributed by atoms with van der Waals surface area (Å²) in [7, 11) is -3.13. The molecule has 2 unspecified atom stereocenters. The van der Waals surface area contributed by atoms with Crippen LogP contribution in [0, 0.1) is 17.2 Å². The van der Waals surface area contributed by atoms with Gasteiger partial charge in [0.25, 0.3) is 0 Å². The Kier molecular flexibility index (Phi) is 16.6.